The largest absolute Gasteiger partial charge is 0.497 e. The first-order valence-electron chi connectivity index (χ1n) is 9.62. The van der Waals surface area contributed by atoms with Crippen LogP contribution in [0.1, 0.15) is 32.1 Å². The summed E-state index contributed by atoms with van der Waals surface area (Å²) in [7, 11) is 3.41. The molecule has 162 valence electrons. The lowest BCUT2D eigenvalue weighted by Crippen LogP contribution is -2.45. The molecule has 6 nitrogen and oxygen atoms in total. The third-order valence-corrected chi connectivity index (χ3v) is 4.53. The van der Waals surface area contributed by atoms with Gasteiger partial charge in [0.1, 0.15) is 11.5 Å². The third-order valence-electron chi connectivity index (χ3n) is 4.53. The van der Waals surface area contributed by atoms with Crippen molar-refractivity contribution < 1.29 is 13.9 Å². The second-order valence-corrected chi connectivity index (χ2v) is 7.74. The Labute approximate surface area is 191 Å². The maximum absolute atomic E-state index is 5.64. The molecule has 1 aromatic carbocycles. The summed E-state index contributed by atoms with van der Waals surface area (Å²) in [5.41, 5.74) is 1.16. The maximum atomic E-state index is 5.64. The van der Waals surface area contributed by atoms with E-state index in [4.69, 9.17) is 18.9 Å². The standard InChI is InChI=1S/C22H33N3O3.HI/c1-22(2,3)20(27-5)16-25-21(23-13-12-19-7-6-14-28-19)24-15-17-8-10-18(26-4)11-9-17;/h6-11,14,20H,12-13,15-16H2,1-5H3,(H2,23,24,25);1H. The van der Waals surface area contributed by atoms with Gasteiger partial charge in [0.15, 0.2) is 5.96 Å². The predicted molar refractivity (Wildman–Crippen MR) is 128 cm³/mol. The van der Waals surface area contributed by atoms with Crippen LogP contribution in [-0.2, 0) is 17.7 Å². The van der Waals surface area contributed by atoms with E-state index in [0.717, 1.165) is 36.0 Å². The molecule has 0 saturated carbocycles. The Bertz CT molecular complexity index is 710. The molecule has 0 radical (unpaired) electrons. The molecule has 0 saturated heterocycles. The quantitative estimate of drug-likeness (QED) is 0.297. The average Bonchev–Trinajstić information content (AvgIpc) is 3.18. The van der Waals surface area contributed by atoms with Gasteiger partial charge in [-0.05, 0) is 35.2 Å². The van der Waals surface area contributed by atoms with Gasteiger partial charge in [-0.2, -0.15) is 0 Å². The monoisotopic (exact) mass is 515 g/mol. The van der Waals surface area contributed by atoms with Gasteiger partial charge in [0, 0.05) is 26.6 Å². The van der Waals surface area contributed by atoms with Crippen LogP contribution in [0.4, 0.5) is 0 Å². The number of ether oxygens (including phenoxy) is 2. The molecule has 0 spiro atoms. The van der Waals surface area contributed by atoms with Crippen molar-refractivity contribution >= 4 is 29.9 Å². The Hall–Kier alpha value is -1.74. The Morgan fingerprint density at radius 3 is 2.38 bits per heavy atom. The molecule has 0 amide bonds. The lowest BCUT2D eigenvalue weighted by Gasteiger charge is -2.30. The molecule has 0 aliphatic carbocycles. The highest BCUT2D eigenvalue weighted by atomic mass is 127. The number of nitrogens with zero attached hydrogens (tertiary/aromatic N) is 1. The number of aliphatic imine (C=N–C) groups is 1. The van der Waals surface area contributed by atoms with Crippen LogP contribution in [0.3, 0.4) is 0 Å². The number of hydrogen-bond acceptors (Lipinski definition) is 4. The van der Waals surface area contributed by atoms with E-state index in [1.54, 1.807) is 20.5 Å². The number of benzene rings is 1. The average molecular weight is 515 g/mol. The molecule has 1 aromatic heterocycles. The SMILES string of the molecule is COc1ccc(CN=C(NCCc2ccco2)NCC(OC)C(C)(C)C)cc1.I. The van der Waals surface area contributed by atoms with E-state index in [-0.39, 0.29) is 35.5 Å². The molecular formula is C22H34IN3O3. The van der Waals surface area contributed by atoms with Gasteiger partial charge in [0.2, 0.25) is 0 Å². The highest BCUT2D eigenvalue weighted by molar-refractivity contribution is 14.0. The van der Waals surface area contributed by atoms with E-state index in [1.165, 1.54) is 0 Å². The van der Waals surface area contributed by atoms with E-state index >= 15 is 0 Å². The van der Waals surface area contributed by atoms with Crippen LogP contribution in [0.5, 0.6) is 5.75 Å². The van der Waals surface area contributed by atoms with Crippen molar-refractivity contribution in [3.8, 4) is 5.75 Å². The van der Waals surface area contributed by atoms with Gasteiger partial charge >= 0.3 is 0 Å². The zero-order chi connectivity index (χ0) is 20.4. The number of rotatable bonds is 9. The van der Waals surface area contributed by atoms with Crippen molar-refractivity contribution in [1.29, 1.82) is 0 Å². The molecule has 29 heavy (non-hydrogen) atoms. The Balaban J connectivity index is 0.00000420. The molecule has 1 unspecified atom stereocenters. The summed E-state index contributed by atoms with van der Waals surface area (Å²) >= 11 is 0. The van der Waals surface area contributed by atoms with Crippen molar-refractivity contribution in [2.24, 2.45) is 10.4 Å². The number of guanidine groups is 1. The molecule has 2 aromatic rings. The molecule has 2 N–H and O–H groups in total. The fourth-order valence-corrected chi connectivity index (χ4v) is 2.77. The molecule has 0 bridgehead atoms. The van der Waals surface area contributed by atoms with Crippen LogP contribution < -0.4 is 15.4 Å². The van der Waals surface area contributed by atoms with E-state index in [9.17, 15) is 0 Å². The van der Waals surface area contributed by atoms with Crippen LogP contribution in [0.25, 0.3) is 0 Å². The molecule has 7 heteroatoms. The molecule has 0 aliphatic heterocycles. The van der Waals surface area contributed by atoms with Crippen molar-refractivity contribution in [2.45, 2.75) is 39.8 Å². The predicted octanol–water partition coefficient (Wildman–Crippen LogP) is 4.25. The summed E-state index contributed by atoms with van der Waals surface area (Å²) in [6.45, 7) is 8.49. The molecule has 0 fully saturated rings. The molecule has 2 rings (SSSR count). The van der Waals surface area contributed by atoms with Crippen LogP contribution in [0.15, 0.2) is 52.1 Å². The molecule has 0 aliphatic rings. The van der Waals surface area contributed by atoms with Crippen molar-refractivity contribution in [3.63, 3.8) is 0 Å². The second kappa shape index (κ2) is 12.7. The summed E-state index contributed by atoms with van der Waals surface area (Å²) in [5, 5.41) is 6.79. The Kier molecular flexibility index (Phi) is 11.1. The van der Waals surface area contributed by atoms with Gasteiger partial charge in [-0.3, -0.25) is 0 Å². The van der Waals surface area contributed by atoms with E-state index in [2.05, 4.69) is 31.4 Å². The maximum Gasteiger partial charge on any atom is 0.191 e. The minimum atomic E-state index is 0. The first-order valence-corrected chi connectivity index (χ1v) is 9.62. The third kappa shape index (κ3) is 9.08. The van der Waals surface area contributed by atoms with Gasteiger partial charge in [0.05, 0.1) is 26.0 Å². The fraction of sp³-hybridized carbons (Fsp3) is 0.500. The second-order valence-electron chi connectivity index (χ2n) is 7.74. The van der Waals surface area contributed by atoms with E-state index in [0.29, 0.717) is 13.1 Å². The van der Waals surface area contributed by atoms with E-state index in [1.807, 2.05) is 36.4 Å². The lowest BCUT2D eigenvalue weighted by molar-refractivity contribution is 0.0205. The number of halogens is 1. The summed E-state index contributed by atoms with van der Waals surface area (Å²) in [6.07, 6.45) is 2.56. The highest BCUT2D eigenvalue weighted by Crippen LogP contribution is 2.21. The molecule has 1 heterocycles. The zero-order valence-corrected chi connectivity index (χ0v) is 20.4. The van der Waals surface area contributed by atoms with Crippen LogP contribution in [0, 0.1) is 5.41 Å². The minimum absolute atomic E-state index is 0. The van der Waals surface area contributed by atoms with Gasteiger partial charge in [-0.25, -0.2) is 4.99 Å². The Morgan fingerprint density at radius 2 is 1.83 bits per heavy atom. The fourth-order valence-electron chi connectivity index (χ4n) is 2.77. The van der Waals surface area contributed by atoms with Gasteiger partial charge in [0.25, 0.3) is 0 Å². The van der Waals surface area contributed by atoms with Crippen LogP contribution >= 0.6 is 24.0 Å². The number of methoxy groups -OCH3 is 2. The van der Waals surface area contributed by atoms with Crippen LogP contribution in [0.2, 0.25) is 0 Å². The lowest BCUT2D eigenvalue weighted by atomic mass is 9.89. The van der Waals surface area contributed by atoms with E-state index < -0.39 is 0 Å². The van der Waals surface area contributed by atoms with Crippen LogP contribution in [-0.4, -0.2) is 39.4 Å². The normalized spacial score (nSPS) is 12.8. The molecular weight excluding hydrogens is 481 g/mol. The highest BCUT2D eigenvalue weighted by Gasteiger charge is 2.24. The number of furan rings is 1. The first kappa shape index (κ1) is 25.3. The first-order chi connectivity index (χ1) is 13.4. The van der Waals surface area contributed by atoms with Gasteiger partial charge in [-0.1, -0.05) is 32.9 Å². The van der Waals surface area contributed by atoms with Crippen molar-refractivity contribution in [2.75, 3.05) is 27.3 Å². The van der Waals surface area contributed by atoms with Crippen molar-refractivity contribution in [3.05, 3.63) is 54.0 Å². The summed E-state index contributed by atoms with van der Waals surface area (Å²) in [6, 6.07) is 11.8. The molecule has 1 atom stereocenters. The smallest absolute Gasteiger partial charge is 0.191 e. The van der Waals surface area contributed by atoms with Gasteiger partial charge < -0.3 is 24.5 Å². The topological polar surface area (TPSA) is 68.0 Å². The summed E-state index contributed by atoms with van der Waals surface area (Å²) in [5.74, 6) is 2.55. The van der Waals surface area contributed by atoms with Crippen molar-refractivity contribution in [1.82, 2.24) is 10.6 Å². The minimum Gasteiger partial charge on any atom is -0.497 e. The summed E-state index contributed by atoms with van der Waals surface area (Å²) in [4.78, 5) is 4.72. The number of nitrogens with one attached hydrogen (secondary N) is 2. The Morgan fingerprint density at radius 1 is 1.10 bits per heavy atom. The summed E-state index contributed by atoms with van der Waals surface area (Å²) < 4.78 is 16.2. The number of hydrogen-bond donors (Lipinski definition) is 2. The zero-order valence-electron chi connectivity index (χ0n) is 18.0. The van der Waals surface area contributed by atoms with Gasteiger partial charge in [-0.15, -0.1) is 24.0 Å².